The molecule has 7 heteroatoms. The van der Waals surface area contributed by atoms with Crippen molar-refractivity contribution in [3.05, 3.63) is 35.9 Å². The molecular formula is C26H45N5O2. The third kappa shape index (κ3) is 8.56. The Balaban J connectivity index is 1.58. The summed E-state index contributed by atoms with van der Waals surface area (Å²) in [7, 11) is 4.39. The quantitative estimate of drug-likeness (QED) is 0.564. The highest BCUT2D eigenvalue weighted by atomic mass is 16.5. The molecule has 0 radical (unpaired) electrons. The van der Waals surface area contributed by atoms with E-state index in [-0.39, 0.29) is 12.1 Å². The van der Waals surface area contributed by atoms with Gasteiger partial charge in [0, 0.05) is 38.3 Å². The van der Waals surface area contributed by atoms with Gasteiger partial charge in [0.1, 0.15) is 0 Å². The summed E-state index contributed by atoms with van der Waals surface area (Å²) in [6, 6.07) is 11.1. The molecule has 0 spiro atoms. The van der Waals surface area contributed by atoms with Gasteiger partial charge >= 0.3 is 6.03 Å². The van der Waals surface area contributed by atoms with E-state index in [1.165, 1.54) is 12.8 Å². The topological polar surface area (TPSA) is 60.1 Å². The molecule has 0 saturated carbocycles. The monoisotopic (exact) mass is 459 g/mol. The summed E-state index contributed by atoms with van der Waals surface area (Å²) < 4.78 is 5.53. The average molecular weight is 460 g/mol. The molecule has 1 aromatic carbocycles. The highest BCUT2D eigenvalue weighted by molar-refractivity contribution is 5.74. The minimum absolute atomic E-state index is 0.0391. The predicted octanol–water partition coefficient (Wildman–Crippen LogP) is 2.80. The highest BCUT2D eigenvalue weighted by Gasteiger charge is 2.26. The standard InChI is InChI=1S/C26H45N5O2/c1-21(2)18-24(31-14-16-33-17-15-31)19-27-26(32)28-25(22-8-6-5-7-9-22)20-30(4)23-10-12-29(3)13-11-23/h5-9,21,23-25H,10-20H2,1-4H3,(H2,27,28,32). The van der Waals surface area contributed by atoms with Gasteiger partial charge in [0.15, 0.2) is 0 Å². The van der Waals surface area contributed by atoms with Crippen LogP contribution in [0.3, 0.4) is 0 Å². The largest absolute Gasteiger partial charge is 0.379 e. The van der Waals surface area contributed by atoms with Crippen LogP contribution in [0, 0.1) is 5.92 Å². The molecule has 2 aliphatic heterocycles. The zero-order valence-electron chi connectivity index (χ0n) is 21.1. The Kier molecular flexibility index (Phi) is 10.4. The first-order valence-electron chi connectivity index (χ1n) is 12.7. The smallest absolute Gasteiger partial charge is 0.315 e. The summed E-state index contributed by atoms with van der Waals surface area (Å²) >= 11 is 0. The molecule has 2 atom stereocenters. The van der Waals surface area contributed by atoms with E-state index < -0.39 is 0 Å². The first-order valence-corrected chi connectivity index (χ1v) is 12.7. The minimum Gasteiger partial charge on any atom is -0.379 e. The number of nitrogens with one attached hydrogen (secondary N) is 2. The van der Waals surface area contributed by atoms with Crippen LogP contribution in [0.5, 0.6) is 0 Å². The Morgan fingerprint density at radius 1 is 1.12 bits per heavy atom. The van der Waals surface area contributed by atoms with Crippen molar-refractivity contribution in [1.29, 1.82) is 0 Å². The van der Waals surface area contributed by atoms with Gasteiger partial charge in [-0.1, -0.05) is 44.2 Å². The molecule has 186 valence electrons. The van der Waals surface area contributed by atoms with E-state index in [2.05, 4.69) is 77.5 Å². The van der Waals surface area contributed by atoms with Crippen molar-refractivity contribution < 1.29 is 9.53 Å². The normalized spacial score (nSPS) is 20.7. The SMILES string of the molecule is CC(C)CC(CNC(=O)NC(CN(C)C1CCN(C)CC1)c1ccccc1)N1CCOCC1. The zero-order chi connectivity index (χ0) is 23.6. The molecule has 7 nitrogen and oxygen atoms in total. The number of hydrogen-bond acceptors (Lipinski definition) is 5. The lowest BCUT2D eigenvalue weighted by molar-refractivity contribution is 0.0129. The molecular weight excluding hydrogens is 414 g/mol. The van der Waals surface area contributed by atoms with Crippen molar-refractivity contribution in [3.8, 4) is 0 Å². The van der Waals surface area contributed by atoms with Crippen LogP contribution in [0.25, 0.3) is 0 Å². The lowest BCUT2D eigenvalue weighted by Gasteiger charge is -2.37. The summed E-state index contributed by atoms with van der Waals surface area (Å²) in [5.74, 6) is 0.586. The fourth-order valence-electron chi connectivity index (χ4n) is 5.06. The number of carbonyl (C=O) groups excluding carboxylic acids is 1. The summed E-state index contributed by atoms with van der Waals surface area (Å²) in [6.07, 6.45) is 3.43. The number of morpholine rings is 1. The number of hydrogen-bond donors (Lipinski definition) is 2. The molecule has 33 heavy (non-hydrogen) atoms. The molecule has 2 fully saturated rings. The van der Waals surface area contributed by atoms with Crippen LogP contribution in [0.4, 0.5) is 4.79 Å². The molecule has 2 amide bonds. The summed E-state index contributed by atoms with van der Waals surface area (Å²) in [4.78, 5) is 20.3. The van der Waals surface area contributed by atoms with Crippen LogP contribution < -0.4 is 10.6 Å². The maximum atomic E-state index is 13.0. The fraction of sp³-hybridized carbons (Fsp3) is 0.731. The van der Waals surface area contributed by atoms with Crippen LogP contribution in [-0.4, -0.2) is 99.4 Å². The van der Waals surface area contributed by atoms with E-state index in [9.17, 15) is 4.79 Å². The van der Waals surface area contributed by atoms with Crippen molar-refractivity contribution in [2.24, 2.45) is 5.92 Å². The van der Waals surface area contributed by atoms with Gasteiger partial charge in [-0.2, -0.15) is 0 Å². The summed E-state index contributed by atoms with van der Waals surface area (Å²) in [5, 5.41) is 6.46. The number of likely N-dealkylation sites (tertiary alicyclic amines) is 1. The van der Waals surface area contributed by atoms with Crippen LogP contribution in [-0.2, 0) is 4.74 Å². The molecule has 0 aromatic heterocycles. The predicted molar refractivity (Wildman–Crippen MR) is 135 cm³/mol. The van der Waals surface area contributed by atoms with Crippen molar-refractivity contribution in [3.63, 3.8) is 0 Å². The van der Waals surface area contributed by atoms with Crippen molar-refractivity contribution in [1.82, 2.24) is 25.3 Å². The van der Waals surface area contributed by atoms with Crippen molar-refractivity contribution in [2.75, 3.05) is 66.6 Å². The third-order valence-electron chi connectivity index (χ3n) is 7.09. The summed E-state index contributed by atoms with van der Waals surface area (Å²) in [5.41, 5.74) is 1.15. The highest BCUT2D eigenvalue weighted by Crippen LogP contribution is 2.20. The lowest BCUT2D eigenvalue weighted by Crippen LogP contribution is -2.51. The van der Waals surface area contributed by atoms with Crippen LogP contribution >= 0.6 is 0 Å². The van der Waals surface area contributed by atoms with E-state index in [1.54, 1.807) is 0 Å². The van der Waals surface area contributed by atoms with Gasteiger partial charge in [-0.15, -0.1) is 0 Å². The molecule has 2 saturated heterocycles. The fourth-order valence-corrected chi connectivity index (χ4v) is 5.06. The van der Waals surface area contributed by atoms with Crippen LogP contribution in [0.1, 0.15) is 44.7 Å². The average Bonchev–Trinajstić information content (AvgIpc) is 2.82. The lowest BCUT2D eigenvalue weighted by atomic mass is 10.0. The number of rotatable bonds is 10. The third-order valence-corrected chi connectivity index (χ3v) is 7.09. The molecule has 2 unspecified atom stereocenters. The molecule has 2 aliphatic rings. The molecule has 2 heterocycles. The maximum Gasteiger partial charge on any atom is 0.315 e. The second-order valence-corrected chi connectivity index (χ2v) is 10.2. The van der Waals surface area contributed by atoms with Crippen molar-refractivity contribution >= 4 is 6.03 Å². The first kappa shape index (κ1) is 25.9. The summed E-state index contributed by atoms with van der Waals surface area (Å²) in [6.45, 7) is 11.7. The second kappa shape index (κ2) is 13.3. The number of piperidine rings is 1. The van der Waals surface area contributed by atoms with Gasteiger partial charge in [-0.05, 0) is 57.9 Å². The Bertz CT molecular complexity index is 687. The number of carbonyl (C=O) groups is 1. The van der Waals surface area contributed by atoms with E-state index in [4.69, 9.17) is 4.74 Å². The van der Waals surface area contributed by atoms with Gasteiger partial charge < -0.3 is 25.2 Å². The van der Waals surface area contributed by atoms with E-state index in [0.717, 1.165) is 57.9 Å². The number of likely N-dealkylation sites (N-methyl/N-ethyl adjacent to an activating group) is 1. The first-order chi connectivity index (χ1) is 15.9. The van der Waals surface area contributed by atoms with E-state index >= 15 is 0 Å². The molecule has 3 rings (SSSR count). The Morgan fingerprint density at radius 3 is 2.42 bits per heavy atom. The van der Waals surface area contributed by atoms with Gasteiger partial charge in [0.2, 0.25) is 0 Å². The second-order valence-electron chi connectivity index (χ2n) is 10.2. The van der Waals surface area contributed by atoms with E-state index in [1.807, 2.05) is 6.07 Å². The maximum absolute atomic E-state index is 13.0. The molecule has 1 aromatic rings. The number of urea groups is 1. The Morgan fingerprint density at radius 2 is 1.79 bits per heavy atom. The zero-order valence-corrected chi connectivity index (χ0v) is 21.1. The number of ether oxygens (including phenoxy) is 1. The Hall–Kier alpha value is -1.67. The van der Waals surface area contributed by atoms with Gasteiger partial charge in [0.05, 0.1) is 19.3 Å². The van der Waals surface area contributed by atoms with E-state index in [0.29, 0.717) is 24.5 Å². The van der Waals surface area contributed by atoms with Gasteiger partial charge in [-0.25, -0.2) is 4.79 Å². The number of amides is 2. The number of nitrogens with zero attached hydrogens (tertiary/aromatic N) is 3. The Labute approximate surface area is 200 Å². The van der Waals surface area contributed by atoms with Crippen molar-refractivity contribution in [2.45, 2.75) is 51.2 Å². The van der Waals surface area contributed by atoms with Gasteiger partial charge in [-0.3, -0.25) is 4.90 Å². The van der Waals surface area contributed by atoms with Crippen LogP contribution in [0.15, 0.2) is 30.3 Å². The molecule has 0 aliphatic carbocycles. The number of benzene rings is 1. The minimum atomic E-state index is -0.0809. The van der Waals surface area contributed by atoms with Gasteiger partial charge in [0.25, 0.3) is 0 Å². The molecule has 2 N–H and O–H groups in total. The van der Waals surface area contributed by atoms with Crippen LogP contribution in [0.2, 0.25) is 0 Å². The molecule has 0 bridgehead atoms.